The van der Waals surface area contributed by atoms with Crippen molar-refractivity contribution in [2.75, 3.05) is 0 Å². The van der Waals surface area contributed by atoms with Crippen molar-refractivity contribution in [3.8, 4) is 11.3 Å². The van der Waals surface area contributed by atoms with Gasteiger partial charge in [-0.05, 0) is 30.7 Å². The molecule has 90 valence electrons. The molecule has 3 aromatic rings. The topological polar surface area (TPSA) is 17.3 Å². The van der Waals surface area contributed by atoms with Crippen molar-refractivity contribution < 1.29 is 0 Å². The van der Waals surface area contributed by atoms with Gasteiger partial charge in [-0.3, -0.25) is 4.40 Å². The van der Waals surface area contributed by atoms with Gasteiger partial charge in [-0.1, -0.05) is 36.7 Å². The van der Waals surface area contributed by atoms with Gasteiger partial charge < -0.3 is 0 Å². The van der Waals surface area contributed by atoms with E-state index in [4.69, 9.17) is 11.6 Å². The summed E-state index contributed by atoms with van der Waals surface area (Å²) >= 11 is 5.94. The van der Waals surface area contributed by atoms with Crippen LogP contribution in [0.15, 0.2) is 48.7 Å². The maximum Gasteiger partial charge on any atom is 0.137 e. The van der Waals surface area contributed by atoms with Crippen molar-refractivity contribution in [2.45, 2.75) is 13.3 Å². The summed E-state index contributed by atoms with van der Waals surface area (Å²) in [5.41, 5.74) is 4.41. The molecule has 3 heteroatoms. The Bertz CT molecular complexity index is 683. The number of hydrogen-bond donors (Lipinski definition) is 0. The summed E-state index contributed by atoms with van der Waals surface area (Å²) in [7, 11) is 0. The predicted octanol–water partition coefficient (Wildman–Crippen LogP) is 4.22. The molecule has 0 unspecified atom stereocenters. The lowest BCUT2D eigenvalue weighted by molar-refractivity contribution is 1.07. The highest BCUT2D eigenvalue weighted by atomic mass is 35.5. The van der Waals surface area contributed by atoms with E-state index in [-0.39, 0.29) is 0 Å². The second kappa shape index (κ2) is 4.46. The predicted molar refractivity (Wildman–Crippen MR) is 75.0 cm³/mol. The van der Waals surface area contributed by atoms with Crippen molar-refractivity contribution in [1.29, 1.82) is 0 Å². The van der Waals surface area contributed by atoms with Crippen LogP contribution in [-0.4, -0.2) is 9.38 Å². The second-order valence-electron chi connectivity index (χ2n) is 4.20. The Morgan fingerprint density at radius 3 is 2.61 bits per heavy atom. The van der Waals surface area contributed by atoms with Gasteiger partial charge in [0.15, 0.2) is 0 Å². The molecule has 0 aliphatic heterocycles. The minimum absolute atomic E-state index is 0.755. The highest BCUT2D eigenvalue weighted by molar-refractivity contribution is 6.30. The monoisotopic (exact) mass is 256 g/mol. The molecule has 2 nitrogen and oxygen atoms in total. The number of imidazole rings is 1. The van der Waals surface area contributed by atoms with E-state index in [2.05, 4.69) is 16.3 Å². The number of nitrogens with zero attached hydrogens (tertiary/aromatic N) is 2. The number of aromatic nitrogens is 2. The molecule has 0 saturated carbocycles. The lowest BCUT2D eigenvalue weighted by Crippen LogP contribution is -1.90. The van der Waals surface area contributed by atoms with Gasteiger partial charge in [-0.25, -0.2) is 4.98 Å². The molecule has 0 fully saturated rings. The molecule has 0 amide bonds. The molecule has 0 N–H and O–H groups in total. The van der Waals surface area contributed by atoms with Crippen molar-refractivity contribution >= 4 is 17.2 Å². The molecular formula is C15H13ClN2. The minimum atomic E-state index is 0.755. The van der Waals surface area contributed by atoms with Gasteiger partial charge in [-0.2, -0.15) is 0 Å². The average Bonchev–Trinajstić information content (AvgIpc) is 2.78. The maximum atomic E-state index is 5.94. The minimum Gasteiger partial charge on any atom is -0.299 e. The zero-order valence-corrected chi connectivity index (χ0v) is 10.9. The number of aryl methyl sites for hydroxylation is 1. The first kappa shape index (κ1) is 11.3. The third-order valence-electron chi connectivity index (χ3n) is 3.05. The Kier molecular flexibility index (Phi) is 2.80. The van der Waals surface area contributed by atoms with Crippen LogP contribution in [0.3, 0.4) is 0 Å². The molecule has 3 rings (SSSR count). The summed E-state index contributed by atoms with van der Waals surface area (Å²) < 4.78 is 2.13. The van der Waals surface area contributed by atoms with E-state index in [1.807, 2.05) is 48.7 Å². The van der Waals surface area contributed by atoms with E-state index in [9.17, 15) is 0 Å². The molecule has 0 radical (unpaired) electrons. The zero-order chi connectivity index (χ0) is 12.5. The van der Waals surface area contributed by atoms with E-state index in [1.54, 1.807) is 0 Å². The largest absolute Gasteiger partial charge is 0.299 e. The van der Waals surface area contributed by atoms with E-state index < -0.39 is 0 Å². The molecule has 0 spiro atoms. The molecule has 18 heavy (non-hydrogen) atoms. The lowest BCUT2D eigenvalue weighted by atomic mass is 10.1. The molecule has 0 atom stereocenters. The molecule has 0 bridgehead atoms. The summed E-state index contributed by atoms with van der Waals surface area (Å²) in [6, 6.07) is 14.0. The van der Waals surface area contributed by atoms with Crippen LogP contribution >= 0.6 is 11.6 Å². The van der Waals surface area contributed by atoms with Crippen LogP contribution in [0.25, 0.3) is 16.9 Å². The maximum absolute atomic E-state index is 5.94. The molecule has 0 aliphatic rings. The summed E-state index contributed by atoms with van der Waals surface area (Å²) in [4.78, 5) is 4.66. The molecule has 0 aliphatic carbocycles. The van der Waals surface area contributed by atoms with Gasteiger partial charge in [0.1, 0.15) is 5.65 Å². The van der Waals surface area contributed by atoms with Crippen molar-refractivity contribution in [1.82, 2.24) is 9.38 Å². The van der Waals surface area contributed by atoms with Crippen LogP contribution < -0.4 is 0 Å². The Morgan fingerprint density at radius 2 is 1.89 bits per heavy atom. The van der Waals surface area contributed by atoms with Crippen LogP contribution in [0.5, 0.6) is 0 Å². The molecule has 2 heterocycles. The van der Waals surface area contributed by atoms with Gasteiger partial charge >= 0.3 is 0 Å². The third kappa shape index (κ3) is 1.79. The summed E-state index contributed by atoms with van der Waals surface area (Å²) in [6.45, 7) is 2.13. The Balaban J connectivity index is 2.29. The van der Waals surface area contributed by atoms with E-state index in [0.29, 0.717) is 0 Å². The first-order chi connectivity index (χ1) is 8.79. The molecule has 0 saturated heterocycles. The first-order valence-corrected chi connectivity index (χ1v) is 6.39. The van der Waals surface area contributed by atoms with Gasteiger partial charge in [0.25, 0.3) is 0 Å². The number of pyridine rings is 1. The average molecular weight is 257 g/mol. The third-order valence-corrected chi connectivity index (χ3v) is 3.31. The van der Waals surface area contributed by atoms with Crippen LogP contribution in [0.4, 0.5) is 0 Å². The van der Waals surface area contributed by atoms with Crippen LogP contribution in [0.1, 0.15) is 12.6 Å². The van der Waals surface area contributed by atoms with Crippen LogP contribution in [0.2, 0.25) is 5.02 Å². The fourth-order valence-corrected chi connectivity index (χ4v) is 2.33. The number of hydrogen-bond acceptors (Lipinski definition) is 1. The van der Waals surface area contributed by atoms with Crippen molar-refractivity contribution in [3.05, 3.63) is 59.4 Å². The second-order valence-corrected chi connectivity index (χ2v) is 4.63. The summed E-state index contributed by atoms with van der Waals surface area (Å²) in [5, 5.41) is 0.755. The Hall–Kier alpha value is -1.80. The molecule has 2 aromatic heterocycles. The van der Waals surface area contributed by atoms with Gasteiger partial charge in [-0.15, -0.1) is 0 Å². The van der Waals surface area contributed by atoms with E-state index >= 15 is 0 Å². The van der Waals surface area contributed by atoms with Crippen molar-refractivity contribution in [2.24, 2.45) is 0 Å². The quantitative estimate of drug-likeness (QED) is 0.671. The van der Waals surface area contributed by atoms with Gasteiger partial charge in [0, 0.05) is 16.8 Å². The number of fused-ring (bicyclic) bond motifs is 1. The first-order valence-electron chi connectivity index (χ1n) is 6.01. The summed E-state index contributed by atoms with van der Waals surface area (Å²) in [5.74, 6) is 0. The fraction of sp³-hybridized carbons (Fsp3) is 0.133. The van der Waals surface area contributed by atoms with E-state index in [1.165, 1.54) is 0 Å². The van der Waals surface area contributed by atoms with Gasteiger partial charge in [0.2, 0.25) is 0 Å². The van der Waals surface area contributed by atoms with Crippen LogP contribution in [-0.2, 0) is 6.42 Å². The van der Waals surface area contributed by atoms with Crippen molar-refractivity contribution in [3.63, 3.8) is 0 Å². The number of rotatable bonds is 2. The standard InChI is InChI=1S/C15H13ClN2/c1-2-13-15(11-6-8-12(16)9-7-11)18-10-4-3-5-14(18)17-13/h3-10H,2H2,1H3. The Labute approximate surface area is 111 Å². The molecular weight excluding hydrogens is 244 g/mol. The van der Waals surface area contributed by atoms with E-state index in [0.717, 1.165) is 34.0 Å². The molecule has 1 aromatic carbocycles. The number of benzene rings is 1. The smallest absolute Gasteiger partial charge is 0.137 e. The van der Waals surface area contributed by atoms with Gasteiger partial charge in [0.05, 0.1) is 11.4 Å². The normalized spacial score (nSPS) is 11.0. The summed E-state index contributed by atoms with van der Waals surface area (Å²) in [6.07, 6.45) is 2.96. The van der Waals surface area contributed by atoms with Crippen LogP contribution in [0, 0.1) is 0 Å². The highest BCUT2D eigenvalue weighted by Crippen LogP contribution is 2.26. The number of halogens is 1. The fourth-order valence-electron chi connectivity index (χ4n) is 2.20. The zero-order valence-electron chi connectivity index (χ0n) is 10.1. The Morgan fingerprint density at radius 1 is 1.11 bits per heavy atom. The SMILES string of the molecule is CCc1nc2ccccn2c1-c1ccc(Cl)cc1. The highest BCUT2D eigenvalue weighted by Gasteiger charge is 2.11. The lowest BCUT2D eigenvalue weighted by Gasteiger charge is -2.04.